The number of nitrogens with zero attached hydrogens (tertiary/aromatic N) is 2. The second kappa shape index (κ2) is 5.50. The summed E-state index contributed by atoms with van der Waals surface area (Å²) in [6, 6.07) is 4.90. The number of aromatic nitrogens is 1. The van der Waals surface area contributed by atoms with Gasteiger partial charge in [-0.15, -0.1) is 0 Å². The normalized spacial score (nSPS) is 10.3. The van der Waals surface area contributed by atoms with Crippen LogP contribution in [0.5, 0.6) is 0 Å². The maximum atomic E-state index is 10.8. The molecular formula is C11H10ClN3O3. The molecule has 0 atom stereocenters. The van der Waals surface area contributed by atoms with Gasteiger partial charge in [0, 0.05) is 25.2 Å². The minimum atomic E-state index is -0.520. The summed E-state index contributed by atoms with van der Waals surface area (Å²) in [5.41, 5.74) is -0.137. The summed E-state index contributed by atoms with van der Waals surface area (Å²) in [6.45, 7) is 0.489. The molecule has 2 rings (SSSR count). The van der Waals surface area contributed by atoms with Crippen LogP contribution in [-0.4, -0.2) is 16.5 Å². The van der Waals surface area contributed by atoms with Gasteiger partial charge in [-0.05, 0) is 12.1 Å². The van der Waals surface area contributed by atoms with E-state index in [2.05, 4.69) is 10.3 Å². The lowest BCUT2D eigenvalue weighted by atomic mass is 10.3. The third kappa shape index (κ3) is 2.98. The Morgan fingerprint density at radius 3 is 3.06 bits per heavy atom. The van der Waals surface area contributed by atoms with Gasteiger partial charge in [-0.1, -0.05) is 11.6 Å². The Bertz CT molecular complexity index is 542. The van der Waals surface area contributed by atoms with Crippen LogP contribution >= 0.6 is 11.6 Å². The molecule has 0 aliphatic heterocycles. The molecule has 0 saturated heterocycles. The fourth-order valence-corrected chi connectivity index (χ4v) is 1.62. The van der Waals surface area contributed by atoms with Gasteiger partial charge in [0.05, 0.1) is 16.2 Å². The van der Waals surface area contributed by atoms with Crippen molar-refractivity contribution in [1.29, 1.82) is 0 Å². The lowest BCUT2D eigenvalue weighted by Crippen LogP contribution is -2.08. The number of furan rings is 1. The maximum Gasteiger partial charge on any atom is 0.312 e. The monoisotopic (exact) mass is 267 g/mol. The molecule has 0 bridgehead atoms. The van der Waals surface area contributed by atoms with E-state index in [4.69, 9.17) is 16.0 Å². The third-order valence-electron chi connectivity index (χ3n) is 2.27. The number of hydrogen-bond acceptors (Lipinski definition) is 5. The van der Waals surface area contributed by atoms with Gasteiger partial charge in [0.15, 0.2) is 0 Å². The van der Waals surface area contributed by atoms with Crippen molar-refractivity contribution in [1.82, 2.24) is 4.98 Å². The Balaban J connectivity index is 2.02. The van der Waals surface area contributed by atoms with E-state index in [9.17, 15) is 10.1 Å². The first-order valence-electron chi connectivity index (χ1n) is 5.23. The number of hydrogen-bond donors (Lipinski definition) is 1. The summed E-state index contributed by atoms with van der Waals surface area (Å²) in [4.78, 5) is 14.2. The Kier molecular flexibility index (Phi) is 3.78. The Hall–Kier alpha value is -2.08. The minimum Gasteiger partial charge on any atom is -0.469 e. The SMILES string of the molecule is O=[N+]([O-])c1cc(Cl)cnc1NCCc1ccco1. The topological polar surface area (TPSA) is 81.2 Å². The van der Waals surface area contributed by atoms with Gasteiger partial charge in [0.25, 0.3) is 0 Å². The first-order chi connectivity index (χ1) is 8.66. The van der Waals surface area contributed by atoms with Crippen LogP contribution in [0, 0.1) is 10.1 Å². The van der Waals surface area contributed by atoms with Crippen molar-refractivity contribution in [2.24, 2.45) is 0 Å². The van der Waals surface area contributed by atoms with Crippen molar-refractivity contribution < 1.29 is 9.34 Å². The molecule has 0 fully saturated rings. The second-order valence-electron chi connectivity index (χ2n) is 3.53. The summed E-state index contributed by atoms with van der Waals surface area (Å²) >= 11 is 5.67. The van der Waals surface area contributed by atoms with Gasteiger partial charge in [-0.3, -0.25) is 10.1 Å². The van der Waals surface area contributed by atoms with Crippen LogP contribution in [0.4, 0.5) is 11.5 Å². The van der Waals surface area contributed by atoms with Gasteiger partial charge in [0.2, 0.25) is 5.82 Å². The van der Waals surface area contributed by atoms with E-state index in [0.717, 1.165) is 5.76 Å². The summed E-state index contributed by atoms with van der Waals surface area (Å²) in [6.07, 6.45) is 3.57. The highest BCUT2D eigenvalue weighted by Crippen LogP contribution is 2.24. The largest absolute Gasteiger partial charge is 0.469 e. The molecule has 0 aliphatic rings. The second-order valence-corrected chi connectivity index (χ2v) is 3.97. The molecule has 0 aliphatic carbocycles. The van der Waals surface area contributed by atoms with E-state index in [1.807, 2.05) is 6.07 Å². The van der Waals surface area contributed by atoms with E-state index in [-0.39, 0.29) is 16.5 Å². The molecule has 0 radical (unpaired) electrons. The van der Waals surface area contributed by atoms with E-state index < -0.39 is 4.92 Å². The number of halogens is 1. The van der Waals surface area contributed by atoms with Crippen LogP contribution in [0.1, 0.15) is 5.76 Å². The molecular weight excluding hydrogens is 258 g/mol. The van der Waals surface area contributed by atoms with Gasteiger partial charge >= 0.3 is 5.69 Å². The fourth-order valence-electron chi connectivity index (χ4n) is 1.46. The fraction of sp³-hybridized carbons (Fsp3) is 0.182. The summed E-state index contributed by atoms with van der Waals surface area (Å²) in [7, 11) is 0. The van der Waals surface area contributed by atoms with Crippen LogP contribution in [-0.2, 0) is 6.42 Å². The van der Waals surface area contributed by atoms with E-state index in [1.165, 1.54) is 12.3 Å². The Morgan fingerprint density at radius 1 is 1.56 bits per heavy atom. The van der Waals surface area contributed by atoms with Crippen LogP contribution in [0.3, 0.4) is 0 Å². The predicted molar refractivity (Wildman–Crippen MR) is 66.8 cm³/mol. The van der Waals surface area contributed by atoms with Gasteiger partial charge in [0.1, 0.15) is 5.76 Å². The highest BCUT2D eigenvalue weighted by Gasteiger charge is 2.15. The number of anilines is 1. The molecule has 2 aromatic heterocycles. The van der Waals surface area contributed by atoms with Crippen molar-refractivity contribution in [3.8, 4) is 0 Å². The van der Waals surface area contributed by atoms with E-state index in [1.54, 1.807) is 12.3 Å². The highest BCUT2D eigenvalue weighted by molar-refractivity contribution is 6.30. The van der Waals surface area contributed by atoms with Gasteiger partial charge in [-0.2, -0.15) is 0 Å². The molecule has 0 aromatic carbocycles. The smallest absolute Gasteiger partial charge is 0.312 e. The quantitative estimate of drug-likeness (QED) is 0.665. The molecule has 18 heavy (non-hydrogen) atoms. The molecule has 0 unspecified atom stereocenters. The molecule has 7 heteroatoms. The van der Waals surface area contributed by atoms with Crippen LogP contribution in [0.15, 0.2) is 35.1 Å². The van der Waals surface area contributed by atoms with Crippen LogP contribution in [0.2, 0.25) is 5.02 Å². The Morgan fingerprint density at radius 2 is 2.39 bits per heavy atom. The first kappa shape index (κ1) is 12.4. The molecule has 1 N–H and O–H groups in total. The lowest BCUT2D eigenvalue weighted by molar-refractivity contribution is -0.384. The molecule has 94 valence electrons. The zero-order valence-corrected chi connectivity index (χ0v) is 10.1. The predicted octanol–water partition coefficient (Wildman–Crippen LogP) is 2.89. The average molecular weight is 268 g/mol. The summed E-state index contributed by atoms with van der Waals surface area (Å²) in [5.74, 6) is 1.01. The lowest BCUT2D eigenvalue weighted by Gasteiger charge is -2.05. The summed E-state index contributed by atoms with van der Waals surface area (Å²) < 4.78 is 5.15. The van der Waals surface area contributed by atoms with Crippen molar-refractivity contribution in [2.75, 3.05) is 11.9 Å². The zero-order chi connectivity index (χ0) is 13.0. The van der Waals surface area contributed by atoms with Crippen LogP contribution in [0.25, 0.3) is 0 Å². The first-order valence-corrected chi connectivity index (χ1v) is 5.61. The molecule has 0 saturated carbocycles. The average Bonchev–Trinajstić information content (AvgIpc) is 2.84. The van der Waals surface area contributed by atoms with Crippen molar-refractivity contribution in [2.45, 2.75) is 6.42 Å². The van der Waals surface area contributed by atoms with E-state index >= 15 is 0 Å². The highest BCUT2D eigenvalue weighted by atomic mass is 35.5. The van der Waals surface area contributed by atoms with Crippen molar-refractivity contribution >= 4 is 23.1 Å². The van der Waals surface area contributed by atoms with Gasteiger partial charge < -0.3 is 9.73 Å². The van der Waals surface area contributed by atoms with E-state index in [0.29, 0.717) is 13.0 Å². The zero-order valence-electron chi connectivity index (χ0n) is 9.30. The molecule has 2 aromatic rings. The summed E-state index contributed by atoms with van der Waals surface area (Å²) in [5, 5.41) is 13.9. The Labute approximate surface area is 108 Å². The number of nitrogens with one attached hydrogen (secondary N) is 1. The van der Waals surface area contributed by atoms with Crippen LogP contribution < -0.4 is 5.32 Å². The van der Waals surface area contributed by atoms with Gasteiger partial charge in [-0.25, -0.2) is 4.98 Å². The molecule has 6 nitrogen and oxygen atoms in total. The maximum absolute atomic E-state index is 10.8. The number of rotatable bonds is 5. The van der Waals surface area contributed by atoms with Crippen molar-refractivity contribution in [3.05, 3.63) is 51.6 Å². The minimum absolute atomic E-state index is 0.137. The number of pyridine rings is 1. The number of nitro groups is 1. The molecule has 2 heterocycles. The molecule has 0 spiro atoms. The standard InChI is InChI=1S/C11H10ClN3O3/c12-8-6-10(15(16)17)11(14-7-8)13-4-3-9-2-1-5-18-9/h1-2,5-7H,3-4H2,(H,13,14). The third-order valence-corrected chi connectivity index (χ3v) is 2.48. The van der Waals surface area contributed by atoms with Crippen molar-refractivity contribution in [3.63, 3.8) is 0 Å². The molecule has 0 amide bonds.